The molecular formula is C8H6F2N4O2. The monoisotopic (exact) mass is 228 g/mol. The summed E-state index contributed by atoms with van der Waals surface area (Å²) in [6, 6.07) is 2.64. The summed E-state index contributed by atoms with van der Waals surface area (Å²) in [6.07, 6.45) is -3.31. The first kappa shape index (κ1) is 11.8. The van der Waals surface area contributed by atoms with Crippen molar-refractivity contribution in [3.63, 3.8) is 0 Å². The first-order valence-corrected chi connectivity index (χ1v) is 4.06. The molecule has 0 aliphatic rings. The summed E-state index contributed by atoms with van der Waals surface area (Å²) in [5, 5.41) is 18.8. The molecule has 0 bridgehead atoms. The van der Waals surface area contributed by atoms with E-state index in [1.54, 1.807) is 6.07 Å². The van der Waals surface area contributed by atoms with Gasteiger partial charge in [-0.3, -0.25) is 0 Å². The predicted molar refractivity (Wildman–Crippen MR) is 49.6 cm³/mol. The van der Waals surface area contributed by atoms with Crippen LogP contribution in [-0.2, 0) is 6.42 Å². The minimum absolute atomic E-state index is 0.0967. The van der Waals surface area contributed by atoms with Crippen molar-refractivity contribution in [3.05, 3.63) is 27.4 Å². The van der Waals surface area contributed by atoms with E-state index in [4.69, 9.17) is 11.0 Å². The predicted octanol–water partition coefficient (Wildman–Crippen LogP) is 1.58. The Hall–Kier alpha value is -2.30. The Balaban J connectivity index is 3.38. The minimum Gasteiger partial charge on any atom is -0.392 e. The van der Waals surface area contributed by atoms with Gasteiger partial charge in [0, 0.05) is 5.56 Å². The Labute approximate surface area is 88.5 Å². The second-order valence-electron chi connectivity index (χ2n) is 2.84. The lowest BCUT2D eigenvalue weighted by atomic mass is 10.1. The smallest absolute Gasteiger partial charge is 0.387 e. The molecule has 84 valence electrons. The third-order valence-corrected chi connectivity index (χ3v) is 1.79. The van der Waals surface area contributed by atoms with Gasteiger partial charge in [-0.25, -0.2) is 8.78 Å². The zero-order valence-corrected chi connectivity index (χ0v) is 7.85. The van der Waals surface area contributed by atoms with E-state index in [9.17, 15) is 18.9 Å². The van der Waals surface area contributed by atoms with E-state index in [2.05, 4.69) is 4.98 Å². The normalized spacial score (nSPS) is 10.1. The number of nitrogens with two attached hydrogens (primary N) is 1. The van der Waals surface area contributed by atoms with E-state index in [1.807, 2.05) is 0 Å². The molecule has 0 aliphatic heterocycles. The molecule has 0 aromatic carbocycles. The fourth-order valence-corrected chi connectivity index (χ4v) is 1.14. The van der Waals surface area contributed by atoms with E-state index in [1.165, 1.54) is 0 Å². The number of hydrogen-bond acceptors (Lipinski definition) is 5. The van der Waals surface area contributed by atoms with Crippen LogP contribution < -0.4 is 5.73 Å². The van der Waals surface area contributed by atoms with E-state index in [0.717, 1.165) is 6.07 Å². The third-order valence-electron chi connectivity index (χ3n) is 1.79. The van der Waals surface area contributed by atoms with Gasteiger partial charge >= 0.3 is 12.2 Å². The molecule has 8 heteroatoms. The molecule has 1 aromatic heterocycles. The van der Waals surface area contributed by atoms with E-state index in [0.29, 0.717) is 0 Å². The third kappa shape index (κ3) is 2.20. The van der Waals surface area contributed by atoms with Crippen LogP contribution in [0.5, 0.6) is 0 Å². The maximum absolute atomic E-state index is 12.5. The molecule has 1 rings (SSSR count). The van der Waals surface area contributed by atoms with Gasteiger partial charge < -0.3 is 15.8 Å². The molecule has 0 aliphatic carbocycles. The quantitative estimate of drug-likeness (QED) is 0.624. The lowest BCUT2D eigenvalue weighted by Gasteiger charge is -2.03. The number of nitrogen functional groups attached to an aromatic ring is 1. The molecule has 2 N–H and O–H groups in total. The van der Waals surface area contributed by atoms with E-state index in [-0.39, 0.29) is 17.7 Å². The molecule has 0 unspecified atom stereocenters. The van der Waals surface area contributed by atoms with E-state index >= 15 is 0 Å². The minimum atomic E-state index is -2.98. The van der Waals surface area contributed by atoms with Crippen LogP contribution in [0.25, 0.3) is 0 Å². The van der Waals surface area contributed by atoms with Crippen LogP contribution >= 0.6 is 0 Å². The Morgan fingerprint density at radius 1 is 1.69 bits per heavy atom. The fourth-order valence-electron chi connectivity index (χ4n) is 1.14. The second-order valence-corrected chi connectivity index (χ2v) is 2.84. The number of rotatable bonds is 3. The van der Waals surface area contributed by atoms with Gasteiger partial charge in [-0.2, -0.15) is 5.26 Å². The van der Waals surface area contributed by atoms with Gasteiger partial charge in [0.15, 0.2) is 0 Å². The first-order valence-electron chi connectivity index (χ1n) is 4.06. The number of alkyl halides is 2. The summed E-state index contributed by atoms with van der Waals surface area (Å²) in [7, 11) is 0. The average Bonchev–Trinajstić information content (AvgIpc) is 2.17. The number of hydrogen-bond donors (Lipinski definition) is 1. The number of aromatic nitrogens is 1. The summed E-state index contributed by atoms with van der Waals surface area (Å²) < 4.78 is 25.0. The largest absolute Gasteiger partial charge is 0.392 e. The highest BCUT2D eigenvalue weighted by Crippen LogP contribution is 2.28. The summed E-state index contributed by atoms with van der Waals surface area (Å²) in [5.41, 5.74) is 4.06. The lowest BCUT2D eigenvalue weighted by Crippen LogP contribution is -2.05. The van der Waals surface area contributed by atoms with Crippen LogP contribution in [0.2, 0.25) is 0 Å². The molecule has 6 nitrogen and oxygen atoms in total. The number of halogens is 2. The molecule has 0 saturated carbocycles. The molecule has 16 heavy (non-hydrogen) atoms. The van der Waals surface area contributed by atoms with Gasteiger partial charge in [0.25, 0.3) is 0 Å². The summed E-state index contributed by atoms with van der Waals surface area (Å²) >= 11 is 0. The summed E-state index contributed by atoms with van der Waals surface area (Å²) in [6.45, 7) is 0. The Morgan fingerprint density at radius 2 is 2.31 bits per heavy atom. The summed E-state index contributed by atoms with van der Waals surface area (Å²) in [5.74, 6) is -0.822. The fraction of sp³-hybridized carbons (Fsp3) is 0.250. The highest BCUT2D eigenvalue weighted by Gasteiger charge is 2.26. The van der Waals surface area contributed by atoms with Crippen molar-refractivity contribution in [3.8, 4) is 6.07 Å². The van der Waals surface area contributed by atoms with Gasteiger partial charge in [-0.15, -0.1) is 0 Å². The first-order chi connectivity index (χ1) is 7.47. The Bertz CT molecular complexity index is 470. The molecule has 0 fully saturated rings. The molecule has 0 spiro atoms. The molecule has 1 heterocycles. The van der Waals surface area contributed by atoms with Crippen molar-refractivity contribution in [2.45, 2.75) is 12.8 Å². The molecule has 0 saturated heterocycles. The number of nitrogens with zero attached hydrogens (tertiary/aromatic N) is 3. The van der Waals surface area contributed by atoms with Crippen LogP contribution in [-0.4, -0.2) is 9.91 Å². The topological polar surface area (TPSA) is 106 Å². The van der Waals surface area contributed by atoms with Crippen molar-refractivity contribution in [1.29, 1.82) is 5.26 Å². The maximum atomic E-state index is 12.5. The van der Waals surface area contributed by atoms with Gasteiger partial charge in [0.05, 0.1) is 12.5 Å². The average molecular weight is 228 g/mol. The number of anilines is 1. The van der Waals surface area contributed by atoms with Crippen molar-refractivity contribution in [2.75, 3.05) is 5.73 Å². The van der Waals surface area contributed by atoms with Gasteiger partial charge in [-0.05, 0) is 16.0 Å². The van der Waals surface area contributed by atoms with Crippen LogP contribution in [0.4, 0.5) is 20.3 Å². The van der Waals surface area contributed by atoms with E-state index < -0.39 is 22.9 Å². The molecule has 0 atom stereocenters. The molecule has 0 radical (unpaired) electrons. The zero-order valence-electron chi connectivity index (χ0n) is 7.85. The number of pyridine rings is 1. The highest BCUT2D eigenvalue weighted by atomic mass is 19.3. The Kier molecular flexibility index (Phi) is 3.30. The molecular weight excluding hydrogens is 222 g/mol. The van der Waals surface area contributed by atoms with Crippen LogP contribution in [0.3, 0.4) is 0 Å². The van der Waals surface area contributed by atoms with Crippen LogP contribution in [0, 0.1) is 21.4 Å². The molecule has 0 amide bonds. The van der Waals surface area contributed by atoms with Crippen LogP contribution in [0.15, 0.2) is 6.07 Å². The van der Waals surface area contributed by atoms with Crippen LogP contribution in [0.1, 0.15) is 17.7 Å². The van der Waals surface area contributed by atoms with Crippen molar-refractivity contribution >= 4 is 11.5 Å². The van der Waals surface area contributed by atoms with Gasteiger partial charge in [-0.1, -0.05) is 0 Å². The standard InChI is InChI=1S/C8H6F2N4O2/c9-7(10)6-4(1-2-11)3-5(12)8(13-6)14(15)16/h3,7H,1,12H2. The van der Waals surface area contributed by atoms with Gasteiger partial charge in [0.1, 0.15) is 5.69 Å². The van der Waals surface area contributed by atoms with Crippen molar-refractivity contribution in [2.24, 2.45) is 0 Å². The lowest BCUT2D eigenvalue weighted by molar-refractivity contribution is -0.388. The maximum Gasteiger partial charge on any atom is 0.387 e. The Morgan fingerprint density at radius 3 is 2.75 bits per heavy atom. The highest BCUT2D eigenvalue weighted by molar-refractivity contribution is 5.56. The SMILES string of the molecule is N#CCc1cc(N)c([N+](=O)[O-])nc1C(F)F. The summed E-state index contributed by atoms with van der Waals surface area (Å²) in [4.78, 5) is 12.6. The molecule has 1 aromatic rings. The van der Waals surface area contributed by atoms with Crippen molar-refractivity contribution < 1.29 is 13.7 Å². The van der Waals surface area contributed by atoms with Gasteiger partial charge in [0.2, 0.25) is 5.69 Å². The number of nitriles is 1. The zero-order chi connectivity index (χ0) is 12.3. The van der Waals surface area contributed by atoms with Crippen molar-refractivity contribution in [1.82, 2.24) is 4.98 Å². The second kappa shape index (κ2) is 4.48. The number of nitro groups is 1.